The number of halogens is 1. The topological polar surface area (TPSA) is 64.0 Å². The lowest BCUT2D eigenvalue weighted by Crippen LogP contribution is -2.27. The van der Waals surface area contributed by atoms with Crippen molar-refractivity contribution in [3.8, 4) is 5.69 Å². The van der Waals surface area contributed by atoms with Gasteiger partial charge in [-0.25, -0.2) is 9.37 Å². The first-order chi connectivity index (χ1) is 15.3. The summed E-state index contributed by atoms with van der Waals surface area (Å²) >= 11 is 1.16. The number of thioether (sulfide) groups is 1. The highest BCUT2D eigenvalue weighted by atomic mass is 32.2. The number of aryl methyl sites for hydroxylation is 2. The van der Waals surface area contributed by atoms with E-state index in [-0.39, 0.29) is 17.2 Å². The molecule has 162 valence electrons. The molecule has 0 aliphatic rings. The van der Waals surface area contributed by atoms with Crippen LogP contribution in [0.2, 0.25) is 0 Å². The number of fused-ring (bicyclic) bond motifs is 1. The first-order valence-electron chi connectivity index (χ1n) is 10.2. The van der Waals surface area contributed by atoms with Crippen molar-refractivity contribution in [1.82, 2.24) is 9.55 Å². The summed E-state index contributed by atoms with van der Waals surface area (Å²) < 4.78 is 15.5. The molecule has 7 heteroatoms. The van der Waals surface area contributed by atoms with Crippen molar-refractivity contribution in [1.29, 1.82) is 0 Å². The third-order valence-corrected chi connectivity index (χ3v) is 6.19. The molecule has 4 rings (SSSR count). The number of rotatable bonds is 5. The van der Waals surface area contributed by atoms with Crippen molar-refractivity contribution in [3.63, 3.8) is 0 Å². The zero-order valence-electron chi connectivity index (χ0n) is 17.9. The number of amides is 1. The largest absolute Gasteiger partial charge is 0.323 e. The van der Waals surface area contributed by atoms with Crippen LogP contribution in [0.4, 0.5) is 10.1 Å². The standard InChI is InChI=1S/C25H22FN3O2S/c1-15-12-13-16(2)22(14-15)29-24(31)18-8-4-6-10-20(18)28-25(29)32-17(3)23(30)27-21-11-7-5-9-19(21)26/h4-14,17H,1-3H3,(H,27,30). The second-order valence-corrected chi connectivity index (χ2v) is 8.88. The van der Waals surface area contributed by atoms with Crippen LogP contribution in [0.3, 0.4) is 0 Å². The molecule has 32 heavy (non-hydrogen) atoms. The fraction of sp³-hybridized carbons (Fsp3) is 0.160. The van der Waals surface area contributed by atoms with Crippen LogP contribution in [0.15, 0.2) is 76.7 Å². The maximum absolute atomic E-state index is 14.0. The Labute approximate surface area is 189 Å². The van der Waals surface area contributed by atoms with Crippen LogP contribution in [0, 0.1) is 19.7 Å². The van der Waals surface area contributed by atoms with Gasteiger partial charge in [0.2, 0.25) is 5.91 Å². The molecular formula is C25H22FN3O2S. The second kappa shape index (κ2) is 8.96. The molecule has 1 unspecified atom stereocenters. The van der Waals surface area contributed by atoms with E-state index in [9.17, 15) is 14.0 Å². The monoisotopic (exact) mass is 447 g/mol. The van der Waals surface area contributed by atoms with Gasteiger partial charge in [0.15, 0.2) is 5.16 Å². The van der Waals surface area contributed by atoms with E-state index < -0.39 is 11.1 Å². The summed E-state index contributed by atoms with van der Waals surface area (Å²) in [6.07, 6.45) is 0. The fourth-order valence-electron chi connectivity index (χ4n) is 3.37. The van der Waals surface area contributed by atoms with Crippen LogP contribution in [0.5, 0.6) is 0 Å². The fourth-order valence-corrected chi connectivity index (χ4v) is 4.29. The SMILES string of the molecule is Cc1ccc(C)c(-n2c(SC(C)C(=O)Nc3ccccc3F)nc3ccccc3c2=O)c1. The lowest BCUT2D eigenvalue weighted by molar-refractivity contribution is -0.115. The van der Waals surface area contributed by atoms with Crippen molar-refractivity contribution in [2.75, 3.05) is 5.32 Å². The zero-order valence-corrected chi connectivity index (χ0v) is 18.7. The average molecular weight is 448 g/mol. The number of anilines is 1. The molecule has 1 atom stereocenters. The maximum Gasteiger partial charge on any atom is 0.266 e. The van der Waals surface area contributed by atoms with Crippen molar-refractivity contribution < 1.29 is 9.18 Å². The quantitative estimate of drug-likeness (QED) is 0.335. The van der Waals surface area contributed by atoms with Gasteiger partial charge in [-0.2, -0.15) is 0 Å². The van der Waals surface area contributed by atoms with Crippen LogP contribution in [-0.2, 0) is 4.79 Å². The highest BCUT2D eigenvalue weighted by Crippen LogP contribution is 2.27. The van der Waals surface area contributed by atoms with E-state index in [0.29, 0.717) is 16.1 Å². The van der Waals surface area contributed by atoms with Crippen LogP contribution in [0.25, 0.3) is 16.6 Å². The summed E-state index contributed by atoms with van der Waals surface area (Å²) in [6.45, 7) is 5.59. The Morgan fingerprint density at radius 3 is 2.56 bits per heavy atom. The Kier molecular flexibility index (Phi) is 6.10. The lowest BCUT2D eigenvalue weighted by atomic mass is 10.1. The van der Waals surface area contributed by atoms with Gasteiger partial charge in [-0.15, -0.1) is 0 Å². The van der Waals surface area contributed by atoms with E-state index in [0.717, 1.165) is 28.6 Å². The van der Waals surface area contributed by atoms with Crippen molar-refractivity contribution >= 4 is 34.3 Å². The summed E-state index contributed by atoms with van der Waals surface area (Å²) in [5, 5.41) is 2.89. The number of nitrogens with zero attached hydrogens (tertiary/aromatic N) is 2. The Balaban J connectivity index is 1.77. The number of carbonyl (C=O) groups is 1. The van der Waals surface area contributed by atoms with Gasteiger partial charge in [-0.05, 0) is 62.2 Å². The molecule has 0 radical (unpaired) electrons. The number of hydrogen-bond donors (Lipinski definition) is 1. The molecule has 1 heterocycles. The van der Waals surface area contributed by atoms with E-state index in [1.165, 1.54) is 12.1 Å². The highest BCUT2D eigenvalue weighted by Gasteiger charge is 2.21. The molecule has 0 bridgehead atoms. The first-order valence-corrected chi connectivity index (χ1v) is 11.0. The predicted octanol–water partition coefficient (Wildman–Crippen LogP) is 5.26. The minimum Gasteiger partial charge on any atom is -0.323 e. The molecule has 1 N–H and O–H groups in total. The molecule has 0 fully saturated rings. The van der Waals surface area contributed by atoms with Crippen LogP contribution in [0.1, 0.15) is 18.1 Å². The van der Waals surface area contributed by atoms with Gasteiger partial charge in [0.1, 0.15) is 5.82 Å². The molecule has 0 spiro atoms. The van der Waals surface area contributed by atoms with E-state index in [1.54, 1.807) is 41.8 Å². The Morgan fingerprint density at radius 2 is 1.78 bits per heavy atom. The summed E-state index contributed by atoms with van der Waals surface area (Å²) in [4.78, 5) is 30.9. The molecule has 1 aromatic heterocycles. The van der Waals surface area contributed by atoms with Gasteiger partial charge < -0.3 is 5.32 Å². The normalized spacial score (nSPS) is 12.0. The maximum atomic E-state index is 14.0. The third kappa shape index (κ3) is 4.29. The minimum absolute atomic E-state index is 0.114. The van der Waals surface area contributed by atoms with Crippen molar-refractivity contribution in [2.24, 2.45) is 0 Å². The van der Waals surface area contributed by atoms with E-state index in [4.69, 9.17) is 4.98 Å². The van der Waals surface area contributed by atoms with Gasteiger partial charge >= 0.3 is 0 Å². The van der Waals surface area contributed by atoms with Gasteiger partial charge in [0.25, 0.3) is 5.56 Å². The molecule has 4 aromatic rings. The zero-order chi connectivity index (χ0) is 22.8. The van der Waals surface area contributed by atoms with Crippen LogP contribution >= 0.6 is 11.8 Å². The Morgan fingerprint density at radius 1 is 1.06 bits per heavy atom. The molecule has 0 aliphatic heterocycles. The highest BCUT2D eigenvalue weighted by molar-refractivity contribution is 8.00. The van der Waals surface area contributed by atoms with Crippen LogP contribution in [-0.4, -0.2) is 20.7 Å². The number of para-hydroxylation sites is 2. The first kappa shape index (κ1) is 21.8. The molecule has 5 nitrogen and oxygen atoms in total. The number of benzene rings is 3. The smallest absolute Gasteiger partial charge is 0.266 e. The van der Waals surface area contributed by atoms with E-state index in [1.807, 2.05) is 38.1 Å². The van der Waals surface area contributed by atoms with Gasteiger partial charge in [0.05, 0.1) is 27.5 Å². The Bertz CT molecular complexity index is 1380. The van der Waals surface area contributed by atoms with Crippen LogP contribution < -0.4 is 10.9 Å². The Hall–Kier alpha value is -3.45. The summed E-state index contributed by atoms with van der Waals surface area (Å²) in [6, 6.07) is 19.0. The van der Waals surface area contributed by atoms with E-state index in [2.05, 4.69) is 5.32 Å². The summed E-state index contributed by atoms with van der Waals surface area (Å²) in [7, 11) is 0. The molecule has 0 saturated heterocycles. The molecular weight excluding hydrogens is 425 g/mol. The van der Waals surface area contributed by atoms with Gasteiger partial charge in [-0.1, -0.05) is 48.2 Å². The van der Waals surface area contributed by atoms with Gasteiger partial charge in [0, 0.05) is 0 Å². The average Bonchev–Trinajstić information content (AvgIpc) is 2.77. The van der Waals surface area contributed by atoms with Crippen molar-refractivity contribution in [3.05, 3.63) is 94.0 Å². The number of aromatic nitrogens is 2. The van der Waals surface area contributed by atoms with Crippen molar-refractivity contribution in [2.45, 2.75) is 31.2 Å². The molecule has 3 aromatic carbocycles. The molecule has 1 amide bonds. The second-order valence-electron chi connectivity index (χ2n) is 7.57. The summed E-state index contributed by atoms with van der Waals surface area (Å²) in [5.74, 6) is -0.885. The lowest BCUT2D eigenvalue weighted by Gasteiger charge is -2.18. The number of hydrogen-bond acceptors (Lipinski definition) is 4. The number of nitrogens with one attached hydrogen (secondary N) is 1. The number of carbonyl (C=O) groups excluding carboxylic acids is 1. The third-order valence-electron chi connectivity index (χ3n) is 5.13. The predicted molar refractivity (Wildman–Crippen MR) is 127 cm³/mol. The molecule has 0 aliphatic carbocycles. The minimum atomic E-state index is -0.626. The van der Waals surface area contributed by atoms with E-state index >= 15 is 0 Å². The molecule has 0 saturated carbocycles. The van der Waals surface area contributed by atoms with Gasteiger partial charge in [-0.3, -0.25) is 14.2 Å². The summed E-state index contributed by atoms with van der Waals surface area (Å²) in [5.41, 5.74) is 3.12.